The number of amides is 1. The Morgan fingerprint density at radius 3 is 2.41 bits per heavy atom. The molecule has 2 N–H and O–H groups in total. The first-order chi connectivity index (χ1) is 13.3. The molecule has 1 aromatic rings. The van der Waals surface area contributed by atoms with Crippen LogP contribution < -0.4 is 15.9 Å². The van der Waals surface area contributed by atoms with Gasteiger partial charge in [-0.2, -0.15) is 5.26 Å². The van der Waals surface area contributed by atoms with E-state index in [1.54, 1.807) is 19.2 Å². The average molecular weight is 403 g/mol. The van der Waals surface area contributed by atoms with E-state index in [-0.39, 0.29) is 24.0 Å². The third-order valence-corrected chi connectivity index (χ3v) is 5.22. The third-order valence-electron chi connectivity index (χ3n) is 5.22. The zero-order valence-electron chi connectivity index (χ0n) is 18.2. The largest absolute Gasteiger partial charge is 0.496 e. The van der Waals surface area contributed by atoms with Crippen molar-refractivity contribution in [3.63, 3.8) is 0 Å². The number of nitriles is 1. The Labute approximate surface area is 172 Å². The first kappa shape index (κ1) is 23.0. The number of pyridine rings is 1. The molecule has 2 rings (SSSR count). The summed E-state index contributed by atoms with van der Waals surface area (Å²) in [5.74, 6) is 0.396. The molecule has 2 heterocycles. The summed E-state index contributed by atoms with van der Waals surface area (Å²) in [5.41, 5.74) is 4.15. The van der Waals surface area contributed by atoms with Gasteiger partial charge in [0.05, 0.1) is 11.2 Å². The quantitative estimate of drug-likeness (QED) is 0.696. The van der Waals surface area contributed by atoms with Gasteiger partial charge in [-0.05, 0) is 53.0 Å². The Morgan fingerprint density at radius 2 is 1.93 bits per heavy atom. The van der Waals surface area contributed by atoms with E-state index >= 15 is 0 Å². The maximum Gasteiger partial charge on any atom is 0.496 e. The molecule has 1 saturated heterocycles. The first-order valence-corrected chi connectivity index (χ1v) is 9.65. The zero-order valence-corrected chi connectivity index (χ0v) is 18.2. The van der Waals surface area contributed by atoms with E-state index in [1.807, 2.05) is 41.5 Å². The molecule has 0 spiro atoms. The van der Waals surface area contributed by atoms with Crippen LogP contribution in [-0.4, -0.2) is 41.6 Å². The standard InChI is InChI=1S/C20H30BN3O5/c1-13(2)9-20(7,27-17(23)25)12-26-16-14(10-22)8-15(11-24-16)21-28-18(3,4)19(5,6)29-21/h8,11,13H,9,12H2,1-7H3,(H2,23,25)/t20-/m0/s1. The van der Waals surface area contributed by atoms with Crippen LogP contribution in [0.1, 0.15) is 60.5 Å². The van der Waals surface area contributed by atoms with Gasteiger partial charge in [-0.1, -0.05) is 13.8 Å². The molecule has 8 nitrogen and oxygen atoms in total. The van der Waals surface area contributed by atoms with Gasteiger partial charge >= 0.3 is 13.2 Å². The van der Waals surface area contributed by atoms with E-state index in [2.05, 4.69) is 11.1 Å². The van der Waals surface area contributed by atoms with Crippen LogP contribution in [0.3, 0.4) is 0 Å². The fraction of sp³-hybridized carbons (Fsp3) is 0.650. The Hall–Kier alpha value is -2.31. The topological polar surface area (TPSA) is 117 Å². The monoisotopic (exact) mass is 403 g/mol. The van der Waals surface area contributed by atoms with Crippen LogP contribution in [0.15, 0.2) is 12.3 Å². The lowest BCUT2D eigenvalue weighted by Crippen LogP contribution is -2.41. The molecule has 1 atom stereocenters. The minimum atomic E-state index is -0.932. The van der Waals surface area contributed by atoms with Gasteiger partial charge in [0.15, 0.2) is 0 Å². The van der Waals surface area contributed by atoms with Crippen molar-refractivity contribution >= 4 is 18.7 Å². The summed E-state index contributed by atoms with van der Waals surface area (Å²) in [7, 11) is -0.627. The lowest BCUT2D eigenvalue weighted by Gasteiger charge is -2.32. The molecule has 1 aliphatic heterocycles. The van der Waals surface area contributed by atoms with Crippen LogP contribution in [0.25, 0.3) is 0 Å². The van der Waals surface area contributed by atoms with Crippen molar-refractivity contribution in [2.24, 2.45) is 11.7 Å². The van der Waals surface area contributed by atoms with Gasteiger partial charge in [-0.15, -0.1) is 0 Å². The number of primary amides is 1. The minimum absolute atomic E-state index is 0.0195. The molecule has 0 saturated carbocycles. The number of rotatable bonds is 7. The highest BCUT2D eigenvalue weighted by atomic mass is 16.7. The van der Waals surface area contributed by atoms with Gasteiger partial charge in [-0.3, -0.25) is 0 Å². The summed E-state index contributed by atoms with van der Waals surface area (Å²) in [5, 5.41) is 9.55. The van der Waals surface area contributed by atoms with Crippen LogP contribution in [0.5, 0.6) is 5.88 Å². The molecular formula is C20H30BN3O5. The molecule has 0 radical (unpaired) electrons. The van der Waals surface area contributed by atoms with Crippen LogP contribution in [0.4, 0.5) is 4.79 Å². The number of carbonyl (C=O) groups excluding carboxylic acids is 1. The molecular weight excluding hydrogens is 373 g/mol. The number of carbonyl (C=O) groups is 1. The fourth-order valence-electron chi connectivity index (χ4n) is 3.23. The van der Waals surface area contributed by atoms with E-state index in [4.69, 9.17) is 24.5 Å². The predicted octanol–water partition coefficient (Wildman–Crippen LogP) is 2.53. The number of hydrogen-bond acceptors (Lipinski definition) is 7. The molecule has 158 valence electrons. The SMILES string of the molecule is CC(C)C[C@@](C)(COc1ncc(B2OC(C)(C)C(C)(C)O2)cc1C#N)OC(N)=O. The fourth-order valence-corrected chi connectivity index (χ4v) is 3.23. The van der Waals surface area contributed by atoms with Crippen molar-refractivity contribution < 1.29 is 23.6 Å². The Balaban J connectivity index is 2.19. The highest BCUT2D eigenvalue weighted by Gasteiger charge is 2.52. The van der Waals surface area contributed by atoms with E-state index in [0.717, 1.165) is 0 Å². The molecule has 0 aliphatic carbocycles. The van der Waals surface area contributed by atoms with Crippen molar-refractivity contribution in [3.8, 4) is 11.9 Å². The van der Waals surface area contributed by atoms with Crippen LogP contribution in [-0.2, 0) is 14.0 Å². The van der Waals surface area contributed by atoms with E-state index < -0.39 is 30.0 Å². The Bertz CT molecular complexity index is 790. The van der Waals surface area contributed by atoms with Crippen LogP contribution >= 0.6 is 0 Å². The average Bonchev–Trinajstić information content (AvgIpc) is 2.79. The van der Waals surface area contributed by atoms with Gasteiger partial charge in [-0.25, -0.2) is 9.78 Å². The van der Waals surface area contributed by atoms with E-state index in [1.165, 1.54) is 0 Å². The highest BCUT2D eigenvalue weighted by Crippen LogP contribution is 2.36. The van der Waals surface area contributed by atoms with Gasteiger partial charge in [0.25, 0.3) is 0 Å². The van der Waals surface area contributed by atoms with Crippen molar-refractivity contribution in [1.29, 1.82) is 5.26 Å². The second kappa shape index (κ2) is 8.21. The lowest BCUT2D eigenvalue weighted by molar-refractivity contribution is -0.0197. The highest BCUT2D eigenvalue weighted by molar-refractivity contribution is 6.62. The number of nitrogens with two attached hydrogens (primary N) is 1. The lowest BCUT2D eigenvalue weighted by atomic mass is 9.80. The number of nitrogens with zero attached hydrogens (tertiary/aromatic N) is 2. The second-order valence-corrected chi connectivity index (χ2v) is 9.08. The molecule has 0 unspecified atom stereocenters. The molecule has 1 aliphatic rings. The third kappa shape index (κ3) is 5.40. The number of aromatic nitrogens is 1. The molecule has 29 heavy (non-hydrogen) atoms. The Morgan fingerprint density at radius 1 is 1.34 bits per heavy atom. The van der Waals surface area contributed by atoms with E-state index in [0.29, 0.717) is 11.9 Å². The molecule has 1 amide bonds. The van der Waals surface area contributed by atoms with E-state index in [9.17, 15) is 10.1 Å². The summed E-state index contributed by atoms with van der Waals surface area (Å²) in [6, 6.07) is 3.73. The van der Waals surface area contributed by atoms with Crippen molar-refractivity contribution in [2.75, 3.05) is 6.61 Å². The summed E-state index contributed by atoms with van der Waals surface area (Å²) in [6.45, 7) is 13.6. The minimum Gasteiger partial charge on any atom is -0.472 e. The second-order valence-electron chi connectivity index (χ2n) is 9.08. The maximum absolute atomic E-state index is 11.3. The summed E-state index contributed by atoms with van der Waals surface area (Å²) < 4.78 is 23.0. The van der Waals surface area contributed by atoms with Crippen LogP contribution in [0.2, 0.25) is 0 Å². The summed E-state index contributed by atoms with van der Waals surface area (Å²) >= 11 is 0. The normalized spacial score (nSPS) is 19.5. The maximum atomic E-state index is 11.3. The number of ether oxygens (including phenoxy) is 2. The van der Waals surface area contributed by atoms with Gasteiger partial charge in [0.1, 0.15) is 23.8 Å². The summed E-state index contributed by atoms with van der Waals surface area (Å²) in [6.07, 6.45) is 1.23. The zero-order chi connectivity index (χ0) is 22.0. The van der Waals surface area contributed by atoms with Crippen molar-refractivity contribution in [1.82, 2.24) is 4.98 Å². The molecule has 1 fully saturated rings. The molecule has 0 aromatic carbocycles. The predicted molar refractivity (Wildman–Crippen MR) is 109 cm³/mol. The first-order valence-electron chi connectivity index (χ1n) is 9.65. The molecule has 0 bridgehead atoms. The molecule has 9 heteroatoms. The summed E-state index contributed by atoms with van der Waals surface area (Å²) in [4.78, 5) is 15.6. The van der Waals surface area contributed by atoms with Crippen molar-refractivity contribution in [3.05, 3.63) is 17.8 Å². The molecule has 1 aromatic heterocycles. The van der Waals surface area contributed by atoms with Gasteiger partial charge in [0, 0.05) is 11.7 Å². The Kier molecular flexibility index (Phi) is 6.50. The smallest absolute Gasteiger partial charge is 0.472 e. The van der Waals surface area contributed by atoms with Gasteiger partial charge in [0.2, 0.25) is 5.88 Å². The van der Waals surface area contributed by atoms with Gasteiger partial charge < -0.3 is 24.5 Å². The van der Waals surface area contributed by atoms with Crippen molar-refractivity contribution in [2.45, 2.75) is 71.7 Å². The number of hydrogen-bond donors (Lipinski definition) is 1. The van der Waals surface area contributed by atoms with Crippen LogP contribution in [0, 0.1) is 17.2 Å².